The third-order valence-corrected chi connectivity index (χ3v) is 2.31. The van der Waals surface area contributed by atoms with Crippen molar-refractivity contribution in [2.75, 3.05) is 5.73 Å². The molecule has 0 amide bonds. The van der Waals surface area contributed by atoms with E-state index >= 15 is 0 Å². The Morgan fingerprint density at radius 3 is 2.75 bits per heavy atom. The number of aryl methyl sites for hydroxylation is 1. The lowest BCUT2D eigenvalue weighted by atomic mass is 10.1. The monoisotopic (exact) mass is 220 g/mol. The lowest BCUT2D eigenvalue weighted by Gasteiger charge is -2.02. The standard InChI is InChI=1S/C10H8N2O4/c1-5-4-8(13)16-10-6(5)2-3-7(11)9(10)12(14)15/h2-4H,11H2,1H3. The highest BCUT2D eigenvalue weighted by molar-refractivity contribution is 5.92. The van der Waals surface area contributed by atoms with Gasteiger partial charge in [-0.25, -0.2) is 4.79 Å². The molecule has 1 aromatic heterocycles. The summed E-state index contributed by atoms with van der Waals surface area (Å²) < 4.78 is 4.84. The van der Waals surface area contributed by atoms with Crippen LogP contribution in [0.25, 0.3) is 11.0 Å². The Kier molecular flexibility index (Phi) is 2.12. The second kappa shape index (κ2) is 3.34. The summed E-state index contributed by atoms with van der Waals surface area (Å²) in [5, 5.41) is 11.3. The van der Waals surface area contributed by atoms with E-state index in [4.69, 9.17) is 10.2 Å². The van der Waals surface area contributed by atoms with Crippen molar-refractivity contribution in [1.82, 2.24) is 0 Å². The summed E-state index contributed by atoms with van der Waals surface area (Å²) in [6.07, 6.45) is 0. The molecule has 0 aliphatic heterocycles. The van der Waals surface area contributed by atoms with E-state index in [-0.39, 0.29) is 17.0 Å². The Morgan fingerprint density at radius 2 is 2.12 bits per heavy atom. The summed E-state index contributed by atoms with van der Waals surface area (Å²) >= 11 is 0. The Labute approximate surface area is 89.4 Å². The van der Waals surface area contributed by atoms with E-state index in [0.29, 0.717) is 10.9 Å². The van der Waals surface area contributed by atoms with E-state index in [1.807, 2.05) is 0 Å². The number of nitrogens with zero attached hydrogens (tertiary/aromatic N) is 1. The molecule has 1 aromatic carbocycles. The normalized spacial score (nSPS) is 10.6. The van der Waals surface area contributed by atoms with E-state index in [9.17, 15) is 14.9 Å². The van der Waals surface area contributed by atoms with E-state index < -0.39 is 10.5 Å². The first-order valence-corrected chi connectivity index (χ1v) is 4.48. The molecule has 0 atom stereocenters. The summed E-state index contributed by atoms with van der Waals surface area (Å²) in [7, 11) is 0. The van der Waals surface area contributed by atoms with Crippen molar-refractivity contribution < 1.29 is 9.34 Å². The maximum atomic E-state index is 11.2. The molecule has 0 aliphatic rings. The maximum Gasteiger partial charge on any atom is 0.336 e. The van der Waals surface area contributed by atoms with Gasteiger partial charge in [0.05, 0.1) is 4.92 Å². The molecule has 0 unspecified atom stereocenters. The Hall–Kier alpha value is -2.37. The lowest BCUT2D eigenvalue weighted by molar-refractivity contribution is -0.382. The van der Waals surface area contributed by atoms with E-state index in [0.717, 1.165) is 0 Å². The van der Waals surface area contributed by atoms with Crippen molar-refractivity contribution >= 4 is 22.3 Å². The van der Waals surface area contributed by atoms with Gasteiger partial charge in [-0.05, 0) is 24.6 Å². The second-order valence-electron chi connectivity index (χ2n) is 3.39. The van der Waals surface area contributed by atoms with Crippen LogP contribution in [0.4, 0.5) is 11.4 Å². The van der Waals surface area contributed by atoms with E-state index in [1.54, 1.807) is 13.0 Å². The summed E-state index contributed by atoms with van der Waals surface area (Å²) in [5.74, 6) is 0. The van der Waals surface area contributed by atoms with Crippen LogP contribution < -0.4 is 11.4 Å². The number of nitrogen functional groups attached to an aromatic ring is 1. The Morgan fingerprint density at radius 1 is 1.44 bits per heavy atom. The van der Waals surface area contributed by atoms with Gasteiger partial charge in [-0.15, -0.1) is 0 Å². The van der Waals surface area contributed by atoms with Gasteiger partial charge in [-0.3, -0.25) is 10.1 Å². The molecule has 2 aromatic rings. The number of nitrogens with two attached hydrogens (primary N) is 1. The molecule has 6 heteroatoms. The maximum absolute atomic E-state index is 11.2. The molecule has 82 valence electrons. The van der Waals surface area contributed by atoms with Crippen LogP contribution in [0.1, 0.15) is 5.56 Å². The summed E-state index contributed by atoms with van der Waals surface area (Å²) in [6, 6.07) is 4.30. The smallest absolute Gasteiger partial charge is 0.336 e. The lowest BCUT2D eigenvalue weighted by Crippen LogP contribution is -2.02. The molecular formula is C10H8N2O4. The highest BCUT2D eigenvalue weighted by Crippen LogP contribution is 2.31. The van der Waals surface area contributed by atoms with Crippen LogP contribution in [0, 0.1) is 17.0 Å². The van der Waals surface area contributed by atoms with Crippen LogP contribution in [0.3, 0.4) is 0 Å². The minimum Gasteiger partial charge on any atom is -0.415 e. The number of nitro benzene ring substituents is 1. The number of fused-ring (bicyclic) bond motifs is 1. The van der Waals surface area contributed by atoms with Gasteiger partial charge in [0.25, 0.3) is 0 Å². The fourth-order valence-electron chi connectivity index (χ4n) is 1.57. The number of rotatable bonds is 1. The number of hydrogen-bond acceptors (Lipinski definition) is 5. The quantitative estimate of drug-likeness (QED) is 0.340. The summed E-state index contributed by atoms with van der Waals surface area (Å²) in [4.78, 5) is 21.3. The van der Waals surface area contributed by atoms with Crippen LogP contribution in [0.15, 0.2) is 27.4 Å². The molecule has 0 fully saturated rings. The van der Waals surface area contributed by atoms with Gasteiger partial charge in [-0.1, -0.05) is 0 Å². The zero-order valence-corrected chi connectivity index (χ0v) is 8.39. The van der Waals surface area contributed by atoms with Crippen molar-refractivity contribution in [2.24, 2.45) is 0 Å². The highest BCUT2D eigenvalue weighted by Gasteiger charge is 2.20. The Bertz CT molecular complexity index is 645. The average molecular weight is 220 g/mol. The van der Waals surface area contributed by atoms with Crippen molar-refractivity contribution in [2.45, 2.75) is 6.92 Å². The van der Waals surface area contributed by atoms with Gasteiger partial charge in [0, 0.05) is 11.5 Å². The minimum atomic E-state index is -0.653. The predicted molar refractivity (Wildman–Crippen MR) is 58.3 cm³/mol. The van der Waals surface area contributed by atoms with Gasteiger partial charge in [-0.2, -0.15) is 0 Å². The molecular weight excluding hydrogens is 212 g/mol. The Balaban J connectivity index is 3.03. The first-order chi connectivity index (χ1) is 7.50. The SMILES string of the molecule is Cc1cc(=O)oc2c([N+](=O)[O-])c(N)ccc12. The predicted octanol–water partition coefficient (Wildman–Crippen LogP) is 1.59. The van der Waals surface area contributed by atoms with E-state index in [2.05, 4.69) is 0 Å². The van der Waals surface area contributed by atoms with Gasteiger partial charge >= 0.3 is 11.3 Å². The molecule has 2 rings (SSSR count). The first-order valence-electron chi connectivity index (χ1n) is 4.48. The van der Waals surface area contributed by atoms with Gasteiger partial charge in [0.15, 0.2) is 0 Å². The zero-order valence-electron chi connectivity index (χ0n) is 8.39. The fourth-order valence-corrected chi connectivity index (χ4v) is 1.57. The molecule has 2 N–H and O–H groups in total. The number of anilines is 1. The van der Waals surface area contributed by atoms with Crippen molar-refractivity contribution in [3.63, 3.8) is 0 Å². The summed E-state index contributed by atoms with van der Waals surface area (Å²) in [5.41, 5.74) is 5.02. The van der Waals surface area contributed by atoms with Crippen LogP contribution in [-0.4, -0.2) is 4.92 Å². The van der Waals surface area contributed by atoms with Crippen molar-refractivity contribution in [1.29, 1.82) is 0 Å². The number of nitro groups is 1. The van der Waals surface area contributed by atoms with Gasteiger partial charge in [0.2, 0.25) is 5.58 Å². The molecule has 1 heterocycles. The van der Waals surface area contributed by atoms with Crippen molar-refractivity contribution in [3.05, 3.63) is 44.3 Å². The number of benzene rings is 1. The van der Waals surface area contributed by atoms with Crippen LogP contribution >= 0.6 is 0 Å². The molecule has 0 spiro atoms. The average Bonchev–Trinajstić information content (AvgIpc) is 2.15. The van der Waals surface area contributed by atoms with Gasteiger partial charge in [0.1, 0.15) is 5.69 Å². The van der Waals surface area contributed by atoms with Crippen LogP contribution in [0.2, 0.25) is 0 Å². The zero-order chi connectivity index (χ0) is 11.9. The minimum absolute atomic E-state index is 0.0220. The van der Waals surface area contributed by atoms with Gasteiger partial charge < -0.3 is 10.2 Å². The van der Waals surface area contributed by atoms with E-state index in [1.165, 1.54) is 12.1 Å². The third kappa shape index (κ3) is 1.40. The molecule has 0 saturated heterocycles. The second-order valence-corrected chi connectivity index (χ2v) is 3.39. The molecule has 0 bridgehead atoms. The fraction of sp³-hybridized carbons (Fsp3) is 0.100. The van der Waals surface area contributed by atoms with Crippen LogP contribution in [0.5, 0.6) is 0 Å². The van der Waals surface area contributed by atoms with Crippen molar-refractivity contribution in [3.8, 4) is 0 Å². The topological polar surface area (TPSA) is 99.4 Å². The number of hydrogen-bond donors (Lipinski definition) is 1. The molecule has 16 heavy (non-hydrogen) atoms. The molecule has 0 radical (unpaired) electrons. The van der Waals surface area contributed by atoms with Crippen LogP contribution in [-0.2, 0) is 0 Å². The largest absolute Gasteiger partial charge is 0.415 e. The highest BCUT2D eigenvalue weighted by atomic mass is 16.6. The third-order valence-electron chi connectivity index (χ3n) is 2.31. The first kappa shape index (κ1) is 10.2. The molecule has 0 aliphatic carbocycles. The molecule has 0 saturated carbocycles. The molecule has 6 nitrogen and oxygen atoms in total. The summed E-state index contributed by atoms with van der Waals surface area (Å²) in [6.45, 7) is 1.68.